The van der Waals surface area contributed by atoms with Gasteiger partial charge in [-0.05, 0) is 61.1 Å². The van der Waals surface area contributed by atoms with E-state index in [-0.39, 0.29) is 35.9 Å². The summed E-state index contributed by atoms with van der Waals surface area (Å²) in [6.45, 7) is 2.96. The molecular formula is C26H26F2N4O2. The van der Waals surface area contributed by atoms with Crippen LogP contribution in [0.2, 0.25) is 0 Å². The maximum Gasteiger partial charge on any atom is 0.275 e. The summed E-state index contributed by atoms with van der Waals surface area (Å²) in [6.07, 6.45) is 2.32. The highest BCUT2D eigenvalue weighted by molar-refractivity contribution is 5.95. The first-order chi connectivity index (χ1) is 16.4. The summed E-state index contributed by atoms with van der Waals surface area (Å²) in [5.74, 6) is -0.842. The predicted molar refractivity (Wildman–Crippen MR) is 122 cm³/mol. The third-order valence-electron chi connectivity index (χ3n) is 6.82. The van der Waals surface area contributed by atoms with Crippen molar-refractivity contribution >= 4 is 11.8 Å². The monoisotopic (exact) mass is 464 g/mol. The minimum atomic E-state index is -0.319. The number of nitrogens with one attached hydrogen (secondary N) is 1. The van der Waals surface area contributed by atoms with Crippen molar-refractivity contribution in [1.82, 2.24) is 20.0 Å². The van der Waals surface area contributed by atoms with Gasteiger partial charge in [-0.15, -0.1) is 0 Å². The van der Waals surface area contributed by atoms with Gasteiger partial charge in [0.2, 0.25) is 5.91 Å². The molecule has 2 aliphatic rings. The number of carbonyl (C=O) groups excluding carboxylic acids is 2. The third-order valence-corrected chi connectivity index (χ3v) is 6.82. The Morgan fingerprint density at radius 3 is 2.79 bits per heavy atom. The highest BCUT2D eigenvalue weighted by Gasteiger charge is 2.36. The zero-order chi connectivity index (χ0) is 23.8. The number of amides is 2. The quantitative estimate of drug-likeness (QED) is 0.607. The Morgan fingerprint density at radius 1 is 1.15 bits per heavy atom. The average molecular weight is 465 g/mol. The van der Waals surface area contributed by atoms with E-state index in [9.17, 15) is 18.4 Å². The second-order valence-electron chi connectivity index (χ2n) is 9.07. The zero-order valence-corrected chi connectivity index (χ0v) is 19.0. The van der Waals surface area contributed by atoms with Crippen LogP contribution in [-0.2, 0) is 24.3 Å². The first-order valence-corrected chi connectivity index (χ1v) is 11.6. The number of nitrogens with zero attached hydrogens (tertiary/aromatic N) is 3. The van der Waals surface area contributed by atoms with E-state index >= 15 is 0 Å². The molecule has 6 nitrogen and oxygen atoms in total. The molecule has 1 fully saturated rings. The van der Waals surface area contributed by atoms with Gasteiger partial charge in [-0.3, -0.25) is 14.7 Å². The predicted octanol–water partition coefficient (Wildman–Crippen LogP) is 4.45. The van der Waals surface area contributed by atoms with Crippen LogP contribution in [0.1, 0.15) is 63.7 Å². The van der Waals surface area contributed by atoms with Crippen LogP contribution in [0, 0.1) is 18.6 Å². The van der Waals surface area contributed by atoms with Crippen molar-refractivity contribution < 1.29 is 18.4 Å². The fourth-order valence-electron chi connectivity index (χ4n) is 4.90. The lowest BCUT2D eigenvalue weighted by Gasteiger charge is -2.25. The molecule has 2 amide bonds. The molecule has 8 heteroatoms. The van der Waals surface area contributed by atoms with Crippen LogP contribution in [0.3, 0.4) is 0 Å². The van der Waals surface area contributed by atoms with E-state index in [4.69, 9.17) is 0 Å². The fraction of sp³-hybridized carbons (Fsp3) is 0.346. The molecular weight excluding hydrogens is 438 g/mol. The summed E-state index contributed by atoms with van der Waals surface area (Å²) in [6, 6.07) is 11.2. The first-order valence-electron chi connectivity index (χ1n) is 11.6. The maximum absolute atomic E-state index is 13.8. The topological polar surface area (TPSA) is 69.3 Å². The van der Waals surface area contributed by atoms with E-state index in [1.54, 1.807) is 28.9 Å². The normalized spacial score (nSPS) is 17.3. The Kier molecular flexibility index (Phi) is 5.89. The number of H-pyrrole nitrogens is 1. The number of aromatic nitrogens is 2. The Bertz CT molecular complexity index is 1260. The SMILES string of the molecule is Cc1ccc(CCC(=O)N2Cc3[nH]nc(C(=O)N4CCC[C@@H]4c4cccc(F)c4)c3C2)cc1F. The van der Waals surface area contributed by atoms with E-state index in [0.717, 1.165) is 35.2 Å². The van der Waals surface area contributed by atoms with Crippen molar-refractivity contribution in [1.29, 1.82) is 0 Å². The van der Waals surface area contributed by atoms with Gasteiger partial charge in [0, 0.05) is 18.5 Å². The number of rotatable bonds is 5. The minimum Gasteiger partial charge on any atom is -0.332 e. The summed E-state index contributed by atoms with van der Waals surface area (Å²) >= 11 is 0. The Hall–Kier alpha value is -3.55. The van der Waals surface area contributed by atoms with Crippen LogP contribution in [-0.4, -0.2) is 38.4 Å². The average Bonchev–Trinajstić information content (AvgIpc) is 3.55. The number of aryl methyl sites for hydroxylation is 2. The van der Waals surface area contributed by atoms with Crippen molar-refractivity contribution in [3.05, 3.63) is 87.7 Å². The summed E-state index contributed by atoms with van der Waals surface area (Å²) in [4.78, 5) is 29.6. The van der Waals surface area contributed by atoms with Crippen LogP contribution in [0.4, 0.5) is 8.78 Å². The second kappa shape index (κ2) is 9.00. The molecule has 3 aromatic rings. The lowest BCUT2D eigenvalue weighted by molar-refractivity contribution is -0.131. The number of likely N-dealkylation sites (tertiary alicyclic amines) is 1. The molecule has 34 heavy (non-hydrogen) atoms. The van der Waals surface area contributed by atoms with E-state index in [1.807, 2.05) is 12.1 Å². The molecule has 2 aromatic carbocycles. The van der Waals surface area contributed by atoms with Crippen LogP contribution in [0.5, 0.6) is 0 Å². The molecule has 176 valence electrons. The molecule has 0 unspecified atom stereocenters. The van der Waals surface area contributed by atoms with Gasteiger partial charge < -0.3 is 9.80 Å². The zero-order valence-electron chi connectivity index (χ0n) is 19.0. The van der Waals surface area contributed by atoms with E-state index < -0.39 is 0 Å². The first kappa shape index (κ1) is 22.3. The van der Waals surface area contributed by atoms with Gasteiger partial charge in [0.25, 0.3) is 5.91 Å². The van der Waals surface area contributed by atoms with Gasteiger partial charge >= 0.3 is 0 Å². The number of aromatic amines is 1. The Labute approximate surface area is 196 Å². The molecule has 1 aromatic heterocycles. The van der Waals surface area contributed by atoms with Gasteiger partial charge in [0.1, 0.15) is 11.6 Å². The van der Waals surface area contributed by atoms with Gasteiger partial charge in [0.05, 0.1) is 24.8 Å². The van der Waals surface area contributed by atoms with Crippen LogP contribution in [0.15, 0.2) is 42.5 Å². The number of hydrogen-bond acceptors (Lipinski definition) is 3. The summed E-state index contributed by atoms with van der Waals surface area (Å²) < 4.78 is 27.5. The number of carbonyl (C=O) groups is 2. The van der Waals surface area contributed by atoms with Crippen LogP contribution < -0.4 is 0 Å². The number of halogens is 2. The maximum atomic E-state index is 13.8. The minimum absolute atomic E-state index is 0.0530. The van der Waals surface area contributed by atoms with Crippen molar-refractivity contribution in [2.75, 3.05) is 6.54 Å². The number of benzene rings is 2. The van der Waals surface area contributed by atoms with E-state index in [2.05, 4.69) is 10.2 Å². The van der Waals surface area contributed by atoms with Gasteiger partial charge in [-0.1, -0.05) is 24.3 Å². The molecule has 0 bridgehead atoms. The summed E-state index contributed by atoms with van der Waals surface area (Å²) in [5.41, 5.74) is 3.97. The molecule has 3 heterocycles. The lowest BCUT2D eigenvalue weighted by atomic mass is 10.0. The highest BCUT2D eigenvalue weighted by atomic mass is 19.1. The molecule has 0 saturated carbocycles. The molecule has 2 aliphatic heterocycles. The van der Waals surface area contributed by atoms with Gasteiger partial charge in [-0.25, -0.2) is 8.78 Å². The van der Waals surface area contributed by atoms with Crippen LogP contribution >= 0.6 is 0 Å². The van der Waals surface area contributed by atoms with E-state index in [0.29, 0.717) is 37.3 Å². The largest absolute Gasteiger partial charge is 0.332 e. The second-order valence-corrected chi connectivity index (χ2v) is 9.07. The third kappa shape index (κ3) is 4.20. The number of fused-ring (bicyclic) bond motifs is 1. The van der Waals surface area contributed by atoms with Crippen LogP contribution in [0.25, 0.3) is 0 Å². The Balaban J connectivity index is 1.26. The summed E-state index contributed by atoms with van der Waals surface area (Å²) in [7, 11) is 0. The smallest absolute Gasteiger partial charge is 0.275 e. The number of hydrogen-bond donors (Lipinski definition) is 1. The van der Waals surface area contributed by atoms with Gasteiger partial charge in [-0.2, -0.15) is 5.10 Å². The van der Waals surface area contributed by atoms with Gasteiger partial charge in [0.15, 0.2) is 5.69 Å². The molecule has 1 atom stereocenters. The Morgan fingerprint density at radius 2 is 2.00 bits per heavy atom. The molecule has 0 spiro atoms. The van der Waals surface area contributed by atoms with Crippen molar-refractivity contribution in [3.8, 4) is 0 Å². The molecule has 0 aliphatic carbocycles. The van der Waals surface area contributed by atoms with Crippen molar-refractivity contribution in [2.24, 2.45) is 0 Å². The fourth-order valence-corrected chi connectivity index (χ4v) is 4.90. The van der Waals surface area contributed by atoms with Crippen molar-refractivity contribution in [2.45, 2.75) is 51.7 Å². The van der Waals surface area contributed by atoms with Crippen molar-refractivity contribution in [3.63, 3.8) is 0 Å². The molecule has 1 N–H and O–H groups in total. The van der Waals surface area contributed by atoms with E-state index in [1.165, 1.54) is 18.2 Å². The standard InChI is InChI=1S/C26H26F2N4O2/c1-16-7-8-17(12-21(16)28)9-10-24(33)31-14-20-22(15-31)29-30-25(20)26(34)32-11-3-6-23(32)18-4-2-5-19(27)13-18/h2,4-5,7-8,12-13,23H,3,6,9-11,14-15H2,1H3,(H,29,30)/t23-/m1/s1. The summed E-state index contributed by atoms with van der Waals surface area (Å²) in [5, 5.41) is 7.19. The molecule has 1 saturated heterocycles. The molecule has 5 rings (SSSR count). The molecule has 0 radical (unpaired) electrons. The lowest BCUT2D eigenvalue weighted by Crippen LogP contribution is -2.32. The highest BCUT2D eigenvalue weighted by Crippen LogP contribution is 2.35.